The van der Waals surface area contributed by atoms with Gasteiger partial charge in [-0.05, 0) is 31.9 Å². The van der Waals surface area contributed by atoms with Crippen molar-refractivity contribution in [2.45, 2.75) is 38.9 Å². The number of ether oxygens (including phenoxy) is 1. The quantitative estimate of drug-likeness (QED) is 0.764. The molecule has 2 heteroatoms. The van der Waals surface area contributed by atoms with Crippen LogP contribution >= 0.6 is 0 Å². The molecule has 0 aliphatic carbocycles. The maximum absolute atomic E-state index is 10.6. The van der Waals surface area contributed by atoms with Gasteiger partial charge in [0.1, 0.15) is 5.60 Å². The zero-order valence-electron chi connectivity index (χ0n) is 9.58. The van der Waals surface area contributed by atoms with Gasteiger partial charge >= 0.3 is 0 Å². The Labute approximate surface area is 90.9 Å². The number of hydrogen-bond acceptors (Lipinski definition) is 2. The summed E-state index contributed by atoms with van der Waals surface area (Å²) in [6, 6.07) is 6.18. The Morgan fingerprint density at radius 3 is 2.67 bits per heavy atom. The SMILES string of the molecule is Cc1ccc(C2(O)CCOC2C)c(C)c1. The van der Waals surface area contributed by atoms with Crippen molar-refractivity contribution in [2.24, 2.45) is 0 Å². The highest BCUT2D eigenvalue weighted by atomic mass is 16.5. The number of aryl methyl sites for hydroxylation is 2. The van der Waals surface area contributed by atoms with Crippen molar-refractivity contribution in [3.8, 4) is 0 Å². The average molecular weight is 206 g/mol. The van der Waals surface area contributed by atoms with Gasteiger partial charge in [0.05, 0.1) is 12.7 Å². The summed E-state index contributed by atoms with van der Waals surface area (Å²) in [6.07, 6.45) is 0.580. The molecule has 0 saturated carbocycles. The van der Waals surface area contributed by atoms with Crippen LogP contribution < -0.4 is 0 Å². The van der Waals surface area contributed by atoms with Gasteiger partial charge in [0, 0.05) is 6.42 Å². The van der Waals surface area contributed by atoms with Crippen LogP contribution in [0.4, 0.5) is 0 Å². The summed E-state index contributed by atoms with van der Waals surface area (Å²) in [7, 11) is 0. The minimum atomic E-state index is -0.794. The van der Waals surface area contributed by atoms with E-state index in [1.165, 1.54) is 5.56 Å². The summed E-state index contributed by atoms with van der Waals surface area (Å²) in [5.41, 5.74) is 2.59. The van der Waals surface area contributed by atoms with E-state index in [0.29, 0.717) is 13.0 Å². The standard InChI is InChI=1S/C13H18O2/c1-9-4-5-12(10(2)8-9)13(14)6-7-15-11(13)3/h4-5,8,11,14H,6-7H2,1-3H3. The molecule has 1 heterocycles. The molecule has 1 aromatic rings. The Kier molecular flexibility index (Phi) is 2.57. The van der Waals surface area contributed by atoms with Gasteiger partial charge in [0.25, 0.3) is 0 Å². The zero-order chi connectivity index (χ0) is 11.1. The van der Waals surface area contributed by atoms with Crippen LogP contribution in [0.15, 0.2) is 18.2 Å². The normalized spacial score (nSPS) is 30.8. The van der Waals surface area contributed by atoms with E-state index < -0.39 is 5.60 Å². The lowest BCUT2D eigenvalue weighted by molar-refractivity contribution is -0.0321. The molecule has 2 nitrogen and oxygen atoms in total. The van der Waals surface area contributed by atoms with Crippen molar-refractivity contribution in [1.82, 2.24) is 0 Å². The van der Waals surface area contributed by atoms with Gasteiger partial charge in [-0.25, -0.2) is 0 Å². The molecule has 15 heavy (non-hydrogen) atoms. The van der Waals surface area contributed by atoms with Gasteiger partial charge in [-0.1, -0.05) is 23.8 Å². The molecule has 0 aromatic heterocycles. The number of hydrogen-bond donors (Lipinski definition) is 1. The van der Waals surface area contributed by atoms with E-state index in [-0.39, 0.29) is 6.10 Å². The summed E-state index contributed by atoms with van der Waals surface area (Å²) in [5, 5.41) is 10.6. The number of benzene rings is 1. The Bertz CT molecular complexity index is 373. The van der Waals surface area contributed by atoms with Crippen LogP contribution in [-0.2, 0) is 10.3 Å². The summed E-state index contributed by atoms with van der Waals surface area (Å²) in [4.78, 5) is 0. The van der Waals surface area contributed by atoms with Crippen LogP contribution in [0.2, 0.25) is 0 Å². The molecule has 0 amide bonds. The number of rotatable bonds is 1. The van der Waals surface area contributed by atoms with E-state index in [2.05, 4.69) is 13.0 Å². The van der Waals surface area contributed by atoms with Crippen molar-refractivity contribution < 1.29 is 9.84 Å². The maximum atomic E-state index is 10.6. The van der Waals surface area contributed by atoms with E-state index in [1.54, 1.807) is 0 Å². The largest absolute Gasteiger partial charge is 0.382 e. The molecule has 0 spiro atoms. The van der Waals surface area contributed by atoms with E-state index in [1.807, 2.05) is 26.0 Å². The second-order valence-electron chi connectivity index (χ2n) is 4.51. The second kappa shape index (κ2) is 3.62. The molecule has 1 aliphatic rings. The van der Waals surface area contributed by atoms with Crippen LogP contribution in [0.1, 0.15) is 30.0 Å². The summed E-state index contributed by atoms with van der Waals surface area (Å²) in [5.74, 6) is 0. The first-order valence-corrected chi connectivity index (χ1v) is 5.46. The molecule has 1 aliphatic heterocycles. The van der Waals surface area contributed by atoms with E-state index in [4.69, 9.17) is 4.74 Å². The second-order valence-corrected chi connectivity index (χ2v) is 4.51. The fourth-order valence-corrected chi connectivity index (χ4v) is 2.39. The third kappa shape index (κ3) is 1.68. The van der Waals surface area contributed by atoms with Gasteiger partial charge in [-0.2, -0.15) is 0 Å². The molecule has 1 saturated heterocycles. The van der Waals surface area contributed by atoms with Crippen molar-refractivity contribution >= 4 is 0 Å². The predicted molar refractivity (Wildman–Crippen MR) is 59.8 cm³/mol. The molecule has 1 fully saturated rings. The Morgan fingerprint density at radius 1 is 1.40 bits per heavy atom. The molecule has 82 valence electrons. The first kappa shape index (κ1) is 10.7. The highest BCUT2D eigenvalue weighted by molar-refractivity contribution is 5.36. The van der Waals surface area contributed by atoms with Crippen LogP contribution in [-0.4, -0.2) is 17.8 Å². The topological polar surface area (TPSA) is 29.5 Å². The fraction of sp³-hybridized carbons (Fsp3) is 0.538. The lowest BCUT2D eigenvalue weighted by atomic mass is 9.84. The first-order valence-electron chi connectivity index (χ1n) is 5.46. The van der Waals surface area contributed by atoms with Gasteiger partial charge in [-0.15, -0.1) is 0 Å². The molecule has 2 rings (SSSR count). The van der Waals surface area contributed by atoms with Crippen LogP contribution in [0, 0.1) is 13.8 Å². The fourth-order valence-electron chi connectivity index (χ4n) is 2.39. The molecule has 1 N–H and O–H groups in total. The van der Waals surface area contributed by atoms with E-state index in [0.717, 1.165) is 11.1 Å². The van der Waals surface area contributed by atoms with Crippen molar-refractivity contribution in [1.29, 1.82) is 0 Å². The van der Waals surface area contributed by atoms with Crippen molar-refractivity contribution in [3.63, 3.8) is 0 Å². The van der Waals surface area contributed by atoms with Gasteiger partial charge < -0.3 is 9.84 Å². The van der Waals surface area contributed by atoms with Gasteiger partial charge in [-0.3, -0.25) is 0 Å². The van der Waals surface area contributed by atoms with Crippen molar-refractivity contribution in [3.05, 3.63) is 34.9 Å². The Hall–Kier alpha value is -0.860. The minimum absolute atomic E-state index is 0.112. The maximum Gasteiger partial charge on any atom is 0.118 e. The number of aliphatic hydroxyl groups is 1. The lowest BCUT2D eigenvalue weighted by Gasteiger charge is -2.28. The molecule has 2 unspecified atom stereocenters. The highest BCUT2D eigenvalue weighted by Gasteiger charge is 2.41. The molecular weight excluding hydrogens is 188 g/mol. The third-order valence-corrected chi connectivity index (χ3v) is 3.37. The molecule has 2 atom stereocenters. The predicted octanol–water partition coefficient (Wildman–Crippen LogP) is 2.30. The van der Waals surface area contributed by atoms with E-state index >= 15 is 0 Å². The van der Waals surface area contributed by atoms with E-state index in [9.17, 15) is 5.11 Å². The highest BCUT2D eigenvalue weighted by Crippen LogP contribution is 2.37. The summed E-state index contributed by atoms with van der Waals surface area (Å²) in [6.45, 7) is 6.69. The lowest BCUT2D eigenvalue weighted by Crippen LogP contribution is -2.33. The smallest absolute Gasteiger partial charge is 0.118 e. The van der Waals surface area contributed by atoms with Crippen molar-refractivity contribution in [2.75, 3.05) is 6.61 Å². The third-order valence-electron chi connectivity index (χ3n) is 3.37. The van der Waals surface area contributed by atoms with Gasteiger partial charge in [0.15, 0.2) is 0 Å². The van der Waals surface area contributed by atoms with Crippen LogP contribution in [0.3, 0.4) is 0 Å². The molecule has 0 radical (unpaired) electrons. The van der Waals surface area contributed by atoms with Crippen LogP contribution in [0.5, 0.6) is 0 Å². The first-order chi connectivity index (χ1) is 7.04. The summed E-state index contributed by atoms with van der Waals surface area (Å²) < 4.78 is 5.46. The Morgan fingerprint density at radius 2 is 2.13 bits per heavy atom. The molecule has 1 aromatic carbocycles. The minimum Gasteiger partial charge on any atom is -0.382 e. The summed E-state index contributed by atoms with van der Waals surface area (Å²) >= 11 is 0. The van der Waals surface area contributed by atoms with Crippen LogP contribution in [0.25, 0.3) is 0 Å². The average Bonchev–Trinajstić information content (AvgIpc) is 2.47. The monoisotopic (exact) mass is 206 g/mol. The molecular formula is C13H18O2. The Balaban J connectivity index is 2.44. The zero-order valence-corrected chi connectivity index (χ0v) is 9.58. The molecule has 0 bridgehead atoms. The van der Waals surface area contributed by atoms with Gasteiger partial charge in [0.2, 0.25) is 0 Å².